The molecular weight excluding hydrogens is 204 g/mol. The van der Waals surface area contributed by atoms with Gasteiger partial charge in [0.2, 0.25) is 0 Å². The van der Waals surface area contributed by atoms with E-state index in [-0.39, 0.29) is 0 Å². The maximum Gasteiger partial charge on any atom is 0.318 e. The van der Waals surface area contributed by atoms with Crippen molar-refractivity contribution in [2.45, 2.75) is 26.3 Å². The first kappa shape index (κ1) is 11.1. The molecule has 1 aliphatic rings. The lowest BCUT2D eigenvalue weighted by Gasteiger charge is -2.28. The second-order valence-corrected chi connectivity index (χ2v) is 3.81. The van der Waals surface area contributed by atoms with E-state index < -0.39 is 0 Å². The highest BCUT2D eigenvalue weighted by Crippen LogP contribution is 2.14. The minimum Gasteiger partial charge on any atom is -0.464 e. The Labute approximate surface area is 95.6 Å². The van der Waals surface area contributed by atoms with Gasteiger partial charge in [-0.3, -0.25) is 0 Å². The van der Waals surface area contributed by atoms with Gasteiger partial charge in [-0.15, -0.1) is 0 Å². The fourth-order valence-electron chi connectivity index (χ4n) is 1.52. The van der Waals surface area contributed by atoms with E-state index in [1.807, 2.05) is 13.0 Å². The molecule has 0 radical (unpaired) electrons. The molecule has 1 aromatic heterocycles. The van der Waals surface area contributed by atoms with Crippen LogP contribution in [0.3, 0.4) is 0 Å². The maximum absolute atomic E-state index is 5.34. The number of aryl methyl sites for hydroxylation is 1. The zero-order valence-corrected chi connectivity index (χ0v) is 9.79. The molecule has 16 heavy (non-hydrogen) atoms. The largest absolute Gasteiger partial charge is 0.464 e. The summed E-state index contributed by atoms with van der Waals surface area (Å²) >= 11 is 0. The van der Waals surface area contributed by atoms with Crippen LogP contribution in [0, 0.1) is 0 Å². The molecule has 0 spiro atoms. The van der Waals surface area contributed by atoms with Gasteiger partial charge in [0.25, 0.3) is 0 Å². The lowest BCUT2D eigenvalue weighted by atomic mass is 10.2. The molecule has 1 saturated heterocycles. The second kappa shape index (κ2) is 5.12. The van der Waals surface area contributed by atoms with Crippen molar-refractivity contribution in [1.29, 1.82) is 0 Å². The summed E-state index contributed by atoms with van der Waals surface area (Å²) in [5.41, 5.74) is 1.01. The molecule has 0 amide bonds. The van der Waals surface area contributed by atoms with E-state index in [1.54, 1.807) is 0 Å². The molecule has 0 unspecified atom stereocenters. The van der Waals surface area contributed by atoms with Gasteiger partial charge in [0, 0.05) is 24.8 Å². The Morgan fingerprint density at radius 2 is 2.25 bits per heavy atom. The van der Waals surface area contributed by atoms with E-state index in [9.17, 15) is 0 Å². The van der Waals surface area contributed by atoms with Crippen LogP contribution in [-0.4, -0.2) is 35.7 Å². The molecule has 0 aliphatic carbocycles. The van der Waals surface area contributed by atoms with Crippen molar-refractivity contribution >= 4 is 5.82 Å². The van der Waals surface area contributed by atoms with E-state index in [4.69, 9.17) is 4.74 Å². The molecule has 0 bridgehead atoms. The van der Waals surface area contributed by atoms with Crippen molar-refractivity contribution < 1.29 is 4.74 Å². The molecule has 0 saturated carbocycles. The number of hydrogen-bond acceptors (Lipinski definition) is 5. The Balaban J connectivity index is 2.11. The van der Waals surface area contributed by atoms with Crippen molar-refractivity contribution in [2.24, 2.45) is 0 Å². The minimum atomic E-state index is 0.469. The zero-order valence-electron chi connectivity index (χ0n) is 9.79. The number of ether oxygens (including phenoxy) is 1. The third kappa shape index (κ3) is 2.61. The van der Waals surface area contributed by atoms with Gasteiger partial charge >= 0.3 is 6.01 Å². The second-order valence-electron chi connectivity index (χ2n) is 3.81. The molecule has 0 aromatic carbocycles. The first-order valence-electron chi connectivity index (χ1n) is 5.79. The quantitative estimate of drug-likeness (QED) is 0.772. The van der Waals surface area contributed by atoms with Crippen molar-refractivity contribution in [2.75, 3.05) is 25.0 Å². The van der Waals surface area contributed by atoms with Crippen molar-refractivity contribution in [1.82, 2.24) is 15.3 Å². The SMILES string of the molecule is CCOc1nc(CC)cc(NC2CNC2)n1. The fourth-order valence-corrected chi connectivity index (χ4v) is 1.52. The highest BCUT2D eigenvalue weighted by molar-refractivity contribution is 5.39. The van der Waals surface area contributed by atoms with Crippen LogP contribution in [0.15, 0.2) is 6.07 Å². The minimum absolute atomic E-state index is 0.469. The van der Waals surface area contributed by atoms with Gasteiger partial charge in [-0.05, 0) is 13.3 Å². The van der Waals surface area contributed by atoms with Crippen LogP contribution in [-0.2, 0) is 6.42 Å². The Kier molecular flexibility index (Phi) is 3.56. The predicted octanol–water partition coefficient (Wildman–Crippen LogP) is 0.821. The summed E-state index contributed by atoms with van der Waals surface area (Å²) in [7, 11) is 0. The van der Waals surface area contributed by atoms with E-state index >= 15 is 0 Å². The highest BCUT2D eigenvalue weighted by atomic mass is 16.5. The number of rotatable bonds is 5. The van der Waals surface area contributed by atoms with Crippen LogP contribution < -0.4 is 15.4 Å². The third-order valence-electron chi connectivity index (χ3n) is 2.53. The van der Waals surface area contributed by atoms with Gasteiger partial charge in [-0.25, -0.2) is 4.98 Å². The number of anilines is 1. The van der Waals surface area contributed by atoms with Crippen LogP contribution in [0.25, 0.3) is 0 Å². The standard InChI is InChI=1S/C11H18N4O/c1-3-8-5-10(13-9-6-12-7-9)15-11(14-8)16-4-2/h5,9,12H,3-4,6-7H2,1-2H3,(H,13,14,15). The van der Waals surface area contributed by atoms with Crippen molar-refractivity contribution in [3.8, 4) is 6.01 Å². The number of nitrogens with zero attached hydrogens (tertiary/aromatic N) is 2. The summed E-state index contributed by atoms with van der Waals surface area (Å²) in [6, 6.07) is 2.94. The Hall–Kier alpha value is -1.36. The predicted molar refractivity (Wildman–Crippen MR) is 62.9 cm³/mol. The molecule has 2 rings (SSSR count). The summed E-state index contributed by atoms with van der Waals surface area (Å²) in [5.74, 6) is 0.863. The van der Waals surface area contributed by atoms with E-state index in [0.29, 0.717) is 18.7 Å². The van der Waals surface area contributed by atoms with Crippen molar-refractivity contribution in [3.05, 3.63) is 11.8 Å². The molecule has 0 atom stereocenters. The average Bonchev–Trinajstić information content (AvgIpc) is 2.24. The Bertz CT molecular complexity index is 352. The van der Waals surface area contributed by atoms with Gasteiger partial charge in [-0.2, -0.15) is 4.98 Å². The normalized spacial score (nSPS) is 15.6. The van der Waals surface area contributed by atoms with Crippen LogP contribution in [0.4, 0.5) is 5.82 Å². The molecule has 2 N–H and O–H groups in total. The van der Waals surface area contributed by atoms with Crippen LogP contribution in [0.1, 0.15) is 19.5 Å². The van der Waals surface area contributed by atoms with Crippen LogP contribution in [0.5, 0.6) is 6.01 Å². The summed E-state index contributed by atoms with van der Waals surface area (Å²) in [6.07, 6.45) is 0.889. The van der Waals surface area contributed by atoms with Gasteiger partial charge in [0.05, 0.1) is 12.6 Å². The van der Waals surface area contributed by atoms with Gasteiger partial charge in [0.15, 0.2) is 0 Å². The lowest BCUT2D eigenvalue weighted by Crippen LogP contribution is -2.51. The van der Waals surface area contributed by atoms with Gasteiger partial charge in [0.1, 0.15) is 5.82 Å². The summed E-state index contributed by atoms with van der Waals surface area (Å²) in [4.78, 5) is 8.62. The molecule has 1 aromatic rings. The molecule has 5 heteroatoms. The maximum atomic E-state index is 5.34. The van der Waals surface area contributed by atoms with Gasteiger partial charge < -0.3 is 15.4 Å². The van der Waals surface area contributed by atoms with Gasteiger partial charge in [-0.1, -0.05) is 6.92 Å². The third-order valence-corrected chi connectivity index (χ3v) is 2.53. The van der Waals surface area contributed by atoms with E-state index in [1.165, 1.54) is 0 Å². The topological polar surface area (TPSA) is 59.1 Å². The molecule has 2 heterocycles. The van der Waals surface area contributed by atoms with E-state index in [0.717, 1.165) is 31.0 Å². The molecular formula is C11H18N4O. The lowest BCUT2D eigenvalue weighted by molar-refractivity contribution is 0.311. The summed E-state index contributed by atoms with van der Waals surface area (Å²) in [6.45, 7) is 6.60. The molecule has 88 valence electrons. The number of nitrogens with one attached hydrogen (secondary N) is 2. The average molecular weight is 222 g/mol. The molecule has 1 fully saturated rings. The van der Waals surface area contributed by atoms with Crippen LogP contribution in [0.2, 0.25) is 0 Å². The number of aromatic nitrogens is 2. The zero-order chi connectivity index (χ0) is 11.4. The smallest absolute Gasteiger partial charge is 0.318 e. The molecule has 5 nitrogen and oxygen atoms in total. The van der Waals surface area contributed by atoms with Crippen molar-refractivity contribution in [3.63, 3.8) is 0 Å². The monoisotopic (exact) mass is 222 g/mol. The van der Waals surface area contributed by atoms with E-state index in [2.05, 4.69) is 27.5 Å². The molecule has 1 aliphatic heterocycles. The first-order chi connectivity index (χ1) is 7.81. The summed E-state index contributed by atoms with van der Waals surface area (Å²) < 4.78 is 5.34. The summed E-state index contributed by atoms with van der Waals surface area (Å²) in [5, 5.41) is 6.57. The fraction of sp³-hybridized carbons (Fsp3) is 0.636. The Morgan fingerprint density at radius 3 is 2.81 bits per heavy atom. The highest BCUT2D eigenvalue weighted by Gasteiger charge is 2.17. The van der Waals surface area contributed by atoms with Crippen LogP contribution >= 0.6 is 0 Å². The first-order valence-corrected chi connectivity index (χ1v) is 5.79. The number of hydrogen-bond donors (Lipinski definition) is 2. The Morgan fingerprint density at radius 1 is 1.44 bits per heavy atom.